The summed E-state index contributed by atoms with van der Waals surface area (Å²) in [7, 11) is 0. The van der Waals surface area contributed by atoms with E-state index in [4.69, 9.17) is 0 Å². The molecule has 0 fully saturated rings. The molecule has 0 atom stereocenters. The molecule has 2 aromatic heterocycles. The van der Waals surface area contributed by atoms with Gasteiger partial charge in [-0.3, -0.25) is 4.79 Å². The monoisotopic (exact) mass is 468 g/mol. The van der Waals surface area contributed by atoms with E-state index in [1.54, 1.807) is 12.1 Å². The maximum Gasteiger partial charge on any atom is 0.234 e. The van der Waals surface area contributed by atoms with E-state index in [2.05, 4.69) is 25.9 Å². The summed E-state index contributed by atoms with van der Waals surface area (Å²) in [6, 6.07) is 14.2. The van der Waals surface area contributed by atoms with Gasteiger partial charge in [0.15, 0.2) is 4.34 Å². The van der Waals surface area contributed by atoms with Crippen molar-refractivity contribution in [2.75, 3.05) is 16.4 Å². The number of carbonyl (C=O) groups is 1. The molecule has 0 saturated carbocycles. The molecule has 2 heterocycles. The van der Waals surface area contributed by atoms with Gasteiger partial charge in [0.2, 0.25) is 11.0 Å². The van der Waals surface area contributed by atoms with E-state index in [-0.39, 0.29) is 17.5 Å². The van der Waals surface area contributed by atoms with Crippen LogP contribution >= 0.6 is 23.1 Å². The number of nitrogens with zero attached hydrogens (tertiary/aromatic N) is 4. The van der Waals surface area contributed by atoms with E-state index in [1.807, 2.05) is 49.7 Å². The largest absolute Gasteiger partial charge is 0.330 e. The molecule has 0 saturated heterocycles. The van der Waals surface area contributed by atoms with Crippen LogP contribution in [0, 0.1) is 26.6 Å². The zero-order chi connectivity index (χ0) is 22.7. The molecule has 1 amide bonds. The number of hydrogen-bond donors (Lipinski definition) is 2. The van der Waals surface area contributed by atoms with Crippen LogP contribution in [-0.2, 0) is 4.79 Å². The highest BCUT2D eigenvalue weighted by Gasteiger charge is 2.16. The van der Waals surface area contributed by atoms with E-state index in [0.717, 1.165) is 17.1 Å². The lowest BCUT2D eigenvalue weighted by Crippen LogP contribution is -2.15. The minimum atomic E-state index is -0.331. The van der Waals surface area contributed by atoms with Crippen LogP contribution < -0.4 is 10.6 Å². The average molecular weight is 469 g/mol. The number of amides is 1. The van der Waals surface area contributed by atoms with Gasteiger partial charge in [0.1, 0.15) is 5.82 Å². The van der Waals surface area contributed by atoms with Crippen molar-refractivity contribution in [2.24, 2.45) is 0 Å². The first kappa shape index (κ1) is 22.0. The minimum absolute atomic E-state index is 0.153. The number of anilines is 3. The molecule has 0 spiro atoms. The summed E-state index contributed by atoms with van der Waals surface area (Å²) in [5.41, 5.74) is 5.03. The second-order valence-electron chi connectivity index (χ2n) is 7.14. The molecule has 0 aliphatic heterocycles. The molecule has 0 unspecified atom stereocenters. The Bertz CT molecular complexity index is 1250. The van der Waals surface area contributed by atoms with Crippen LogP contribution in [0.2, 0.25) is 0 Å². The molecule has 0 aliphatic rings. The fourth-order valence-electron chi connectivity index (χ4n) is 3.07. The number of aryl methyl sites for hydroxylation is 2. The first-order chi connectivity index (χ1) is 15.4. The number of nitrogens with one attached hydrogen (secondary N) is 2. The lowest BCUT2D eigenvalue weighted by Gasteiger charge is -2.07. The molecule has 32 heavy (non-hydrogen) atoms. The average Bonchev–Trinajstić information content (AvgIpc) is 3.32. The summed E-state index contributed by atoms with van der Waals surface area (Å²) in [6.07, 6.45) is 0. The molecule has 0 aliphatic carbocycles. The Kier molecular flexibility index (Phi) is 6.52. The lowest BCUT2D eigenvalue weighted by atomic mass is 10.2. The normalized spacial score (nSPS) is 10.9. The van der Waals surface area contributed by atoms with Crippen LogP contribution in [0.15, 0.2) is 52.9 Å². The topological polar surface area (TPSA) is 84.7 Å². The highest BCUT2D eigenvalue weighted by molar-refractivity contribution is 8.01. The van der Waals surface area contributed by atoms with Crippen molar-refractivity contribution in [2.45, 2.75) is 25.1 Å². The summed E-state index contributed by atoms with van der Waals surface area (Å²) in [6.45, 7) is 5.83. The Hall–Kier alpha value is -3.24. The third kappa shape index (κ3) is 5.14. The summed E-state index contributed by atoms with van der Waals surface area (Å²) in [5.74, 6) is -0.301. The highest BCUT2D eigenvalue weighted by atomic mass is 32.2. The Morgan fingerprint density at radius 3 is 2.66 bits per heavy atom. The first-order valence-corrected chi connectivity index (χ1v) is 11.6. The Morgan fingerprint density at radius 2 is 1.91 bits per heavy atom. The number of hydrogen-bond acceptors (Lipinski definition) is 7. The highest BCUT2D eigenvalue weighted by Crippen LogP contribution is 2.28. The summed E-state index contributed by atoms with van der Waals surface area (Å²) >= 11 is 2.59. The van der Waals surface area contributed by atoms with E-state index in [1.165, 1.54) is 40.8 Å². The molecule has 2 aromatic carbocycles. The summed E-state index contributed by atoms with van der Waals surface area (Å²) < 4.78 is 15.8. The van der Waals surface area contributed by atoms with Crippen molar-refractivity contribution >= 4 is 45.5 Å². The van der Waals surface area contributed by atoms with Crippen LogP contribution in [0.1, 0.15) is 17.0 Å². The predicted octanol–water partition coefficient (Wildman–Crippen LogP) is 5.26. The van der Waals surface area contributed by atoms with Crippen molar-refractivity contribution in [1.82, 2.24) is 20.0 Å². The first-order valence-electron chi connectivity index (χ1n) is 9.81. The van der Waals surface area contributed by atoms with Gasteiger partial charge >= 0.3 is 0 Å². The summed E-state index contributed by atoms with van der Waals surface area (Å²) in [4.78, 5) is 12.5. The van der Waals surface area contributed by atoms with Crippen LogP contribution in [0.5, 0.6) is 0 Å². The van der Waals surface area contributed by atoms with Crippen LogP contribution in [0.3, 0.4) is 0 Å². The summed E-state index contributed by atoms with van der Waals surface area (Å²) in [5, 5.41) is 19.2. The number of aromatic nitrogens is 4. The Labute approximate surface area is 193 Å². The van der Waals surface area contributed by atoms with Crippen LogP contribution in [0.25, 0.3) is 5.69 Å². The van der Waals surface area contributed by atoms with Crippen molar-refractivity contribution in [3.05, 3.63) is 71.3 Å². The Morgan fingerprint density at radius 1 is 1.12 bits per heavy atom. The van der Waals surface area contributed by atoms with E-state index in [9.17, 15) is 9.18 Å². The number of benzene rings is 2. The van der Waals surface area contributed by atoms with Gasteiger partial charge in [-0.1, -0.05) is 46.9 Å². The fourth-order valence-corrected chi connectivity index (χ4v) is 4.64. The molecule has 4 rings (SSSR count). The molecular weight excluding hydrogens is 447 g/mol. The van der Waals surface area contributed by atoms with E-state index < -0.39 is 0 Å². The third-order valence-electron chi connectivity index (χ3n) is 4.64. The van der Waals surface area contributed by atoms with Crippen molar-refractivity contribution in [3.8, 4) is 5.69 Å². The Balaban J connectivity index is 1.36. The molecule has 164 valence electrons. The molecular formula is C22H21FN6OS2. The lowest BCUT2D eigenvalue weighted by molar-refractivity contribution is -0.113. The quantitative estimate of drug-likeness (QED) is 0.360. The second kappa shape index (κ2) is 9.49. The standard InChI is InChI=1S/C22H21FN6OS2/c1-13-7-9-18(10-8-13)29-15(3)20(14(2)28-29)25-19(30)12-31-22-27-26-21(32-22)24-17-6-4-5-16(23)11-17/h4-11H,12H2,1-3H3,(H,24,26)(H,25,30). The number of halogens is 1. The number of thioether (sulfide) groups is 1. The van der Waals surface area contributed by atoms with Gasteiger partial charge in [-0.15, -0.1) is 10.2 Å². The minimum Gasteiger partial charge on any atom is -0.330 e. The molecule has 7 nitrogen and oxygen atoms in total. The number of carbonyl (C=O) groups excluding carboxylic acids is 1. The zero-order valence-corrected chi connectivity index (χ0v) is 19.4. The van der Waals surface area contributed by atoms with E-state index >= 15 is 0 Å². The fraction of sp³-hybridized carbons (Fsp3) is 0.182. The van der Waals surface area contributed by atoms with Gasteiger partial charge in [-0.2, -0.15) is 5.10 Å². The molecule has 10 heteroatoms. The molecule has 2 N–H and O–H groups in total. The SMILES string of the molecule is Cc1ccc(-n2nc(C)c(NC(=O)CSc3nnc(Nc4cccc(F)c4)s3)c2C)cc1. The van der Waals surface area contributed by atoms with E-state index in [0.29, 0.717) is 20.8 Å². The van der Waals surface area contributed by atoms with Crippen LogP contribution in [-0.4, -0.2) is 31.6 Å². The van der Waals surface area contributed by atoms with Crippen molar-refractivity contribution in [1.29, 1.82) is 0 Å². The number of rotatable bonds is 7. The van der Waals surface area contributed by atoms with Gasteiger partial charge < -0.3 is 10.6 Å². The van der Waals surface area contributed by atoms with Crippen molar-refractivity contribution in [3.63, 3.8) is 0 Å². The maximum atomic E-state index is 13.3. The third-order valence-corrected chi connectivity index (χ3v) is 6.62. The zero-order valence-electron chi connectivity index (χ0n) is 17.7. The van der Waals surface area contributed by atoms with Gasteiger partial charge in [0.25, 0.3) is 0 Å². The molecule has 0 radical (unpaired) electrons. The van der Waals surface area contributed by atoms with Crippen molar-refractivity contribution < 1.29 is 9.18 Å². The predicted molar refractivity (Wildman–Crippen MR) is 127 cm³/mol. The smallest absolute Gasteiger partial charge is 0.234 e. The second-order valence-corrected chi connectivity index (χ2v) is 9.34. The van der Waals surface area contributed by atoms with Gasteiger partial charge in [-0.25, -0.2) is 9.07 Å². The maximum absolute atomic E-state index is 13.3. The van der Waals surface area contributed by atoms with Crippen LogP contribution in [0.4, 0.5) is 20.9 Å². The van der Waals surface area contributed by atoms with Gasteiger partial charge in [-0.05, 0) is 51.1 Å². The van der Waals surface area contributed by atoms with Gasteiger partial charge in [0, 0.05) is 5.69 Å². The molecule has 0 bridgehead atoms. The molecule has 4 aromatic rings. The van der Waals surface area contributed by atoms with Gasteiger partial charge in [0.05, 0.1) is 28.5 Å².